The Bertz CT molecular complexity index is 1110. The summed E-state index contributed by atoms with van der Waals surface area (Å²) in [6.45, 7) is 1.95. The Morgan fingerprint density at radius 1 is 0.931 bits per heavy atom. The van der Waals surface area contributed by atoms with Crippen LogP contribution in [0.1, 0.15) is 33.4 Å². The van der Waals surface area contributed by atoms with E-state index < -0.39 is 6.04 Å². The van der Waals surface area contributed by atoms with Crippen LogP contribution in [0.3, 0.4) is 0 Å². The molecule has 0 aliphatic carbocycles. The first-order valence-electron chi connectivity index (χ1n) is 9.12. The van der Waals surface area contributed by atoms with Gasteiger partial charge in [-0.1, -0.05) is 48.0 Å². The molecule has 29 heavy (non-hydrogen) atoms. The maximum absolute atomic E-state index is 13.4. The summed E-state index contributed by atoms with van der Waals surface area (Å²) in [7, 11) is 0. The van der Waals surface area contributed by atoms with Crippen molar-refractivity contribution >= 4 is 5.91 Å². The predicted molar refractivity (Wildman–Crippen MR) is 107 cm³/mol. The minimum atomic E-state index is -0.714. The summed E-state index contributed by atoms with van der Waals surface area (Å²) in [4.78, 5) is 12.8. The van der Waals surface area contributed by atoms with Crippen LogP contribution in [0.4, 0.5) is 4.39 Å². The quantitative estimate of drug-likeness (QED) is 0.539. The smallest absolute Gasteiger partial charge is 0.252 e. The number of aromatic nitrogens is 2. The molecule has 4 rings (SSSR count). The van der Waals surface area contributed by atoms with Crippen LogP contribution in [0.25, 0.3) is 11.5 Å². The molecule has 1 heterocycles. The number of carbonyl (C=O) groups excluding carboxylic acids is 1. The van der Waals surface area contributed by atoms with E-state index in [4.69, 9.17) is 4.42 Å². The van der Waals surface area contributed by atoms with E-state index in [1.807, 2.05) is 49.4 Å². The zero-order valence-corrected chi connectivity index (χ0v) is 15.7. The molecule has 1 amide bonds. The number of hydrogen-bond donors (Lipinski definition) is 1. The van der Waals surface area contributed by atoms with E-state index in [0.717, 1.165) is 11.1 Å². The molecule has 0 fully saturated rings. The van der Waals surface area contributed by atoms with Gasteiger partial charge in [-0.3, -0.25) is 4.79 Å². The highest BCUT2D eigenvalue weighted by atomic mass is 19.1. The van der Waals surface area contributed by atoms with Gasteiger partial charge in [-0.15, -0.1) is 10.2 Å². The average molecular weight is 387 g/mol. The molecular formula is C23H18FN3O2. The largest absolute Gasteiger partial charge is 0.418 e. The Balaban J connectivity index is 1.67. The second-order valence-corrected chi connectivity index (χ2v) is 6.64. The maximum Gasteiger partial charge on any atom is 0.252 e. The lowest BCUT2D eigenvalue weighted by atomic mass is 10.1. The van der Waals surface area contributed by atoms with Crippen molar-refractivity contribution < 1.29 is 13.6 Å². The van der Waals surface area contributed by atoms with Crippen LogP contribution in [-0.4, -0.2) is 16.1 Å². The standard InChI is InChI=1S/C23H18FN3O2/c1-15-7-9-17(10-8-15)21(28)25-20(16-11-13-19(24)14-12-16)23-27-26-22(29-23)18-5-3-2-4-6-18/h2-14,20H,1H3,(H,25,28)/t20-/m1/s1. The molecule has 144 valence electrons. The van der Waals surface area contributed by atoms with E-state index in [1.54, 1.807) is 24.3 Å². The number of rotatable bonds is 5. The van der Waals surface area contributed by atoms with Crippen molar-refractivity contribution in [2.24, 2.45) is 0 Å². The maximum atomic E-state index is 13.4. The first kappa shape index (κ1) is 18.6. The molecule has 0 aliphatic rings. The second-order valence-electron chi connectivity index (χ2n) is 6.64. The molecule has 0 unspecified atom stereocenters. The van der Waals surface area contributed by atoms with E-state index in [-0.39, 0.29) is 17.6 Å². The second kappa shape index (κ2) is 8.06. The fraction of sp³-hybridized carbons (Fsp3) is 0.0870. The molecule has 6 heteroatoms. The van der Waals surface area contributed by atoms with Gasteiger partial charge in [-0.2, -0.15) is 0 Å². The summed E-state index contributed by atoms with van der Waals surface area (Å²) in [5.74, 6) is -0.0973. The Morgan fingerprint density at radius 3 is 2.31 bits per heavy atom. The highest BCUT2D eigenvalue weighted by Gasteiger charge is 2.24. The van der Waals surface area contributed by atoms with Gasteiger partial charge in [0.05, 0.1) is 0 Å². The van der Waals surface area contributed by atoms with Crippen LogP contribution in [0.5, 0.6) is 0 Å². The van der Waals surface area contributed by atoms with Crippen molar-refractivity contribution in [3.8, 4) is 11.5 Å². The molecule has 1 atom stereocenters. The number of benzene rings is 3. The summed E-state index contributed by atoms with van der Waals surface area (Å²) in [6, 6.07) is 21.7. The molecule has 1 aromatic heterocycles. The van der Waals surface area contributed by atoms with Gasteiger partial charge < -0.3 is 9.73 Å². The van der Waals surface area contributed by atoms with Crippen molar-refractivity contribution in [3.63, 3.8) is 0 Å². The van der Waals surface area contributed by atoms with Crippen molar-refractivity contribution in [2.75, 3.05) is 0 Å². The molecule has 0 aliphatic heterocycles. The van der Waals surface area contributed by atoms with Crippen molar-refractivity contribution in [1.82, 2.24) is 15.5 Å². The average Bonchev–Trinajstić information content (AvgIpc) is 3.24. The number of carbonyl (C=O) groups is 1. The highest BCUT2D eigenvalue weighted by molar-refractivity contribution is 5.94. The third kappa shape index (κ3) is 4.21. The van der Waals surface area contributed by atoms with Crippen LogP contribution >= 0.6 is 0 Å². The first-order chi connectivity index (χ1) is 14.1. The van der Waals surface area contributed by atoms with Gasteiger partial charge in [0.1, 0.15) is 11.9 Å². The third-order valence-corrected chi connectivity index (χ3v) is 4.50. The van der Waals surface area contributed by atoms with Gasteiger partial charge in [-0.05, 0) is 48.9 Å². The topological polar surface area (TPSA) is 68.0 Å². The number of nitrogens with one attached hydrogen (secondary N) is 1. The summed E-state index contributed by atoms with van der Waals surface area (Å²) >= 11 is 0. The van der Waals surface area contributed by atoms with E-state index in [0.29, 0.717) is 17.0 Å². The Morgan fingerprint density at radius 2 is 1.62 bits per heavy atom. The normalized spacial score (nSPS) is 11.8. The van der Waals surface area contributed by atoms with E-state index >= 15 is 0 Å². The number of aryl methyl sites for hydroxylation is 1. The van der Waals surface area contributed by atoms with Gasteiger partial charge in [0.25, 0.3) is 5.91 Å². The molecule has 0 saturated heterocycles. The van der Waals surface area contributed by atoms with Gasteiger partial charge in [-0.25, -0.2) is 4.39 Å². The molecule has 1 N–H and O–H groups in total. The van der Waals surface area contributed by atoms with Gasteiger partial charge in [0.2, 0.25) is 11.8 Å². The van der Waals surface area contributed by atoms with Gasteiger partial charge >= 0.3 is 0 Å². The molecule has 0 spiro atoms. The van der Waals surface area contributed by atoms with E-state index in [9.17, 15) is 9.18 Å². The van der Waals surface area contributed by atoms with Crippen molar-refractivity contribution in [1.29, 1.82) is 0 Å². The van der Waals surface area contributed by atoms with E-state index in [1.165, 1.54) is 12.1 Å². The summed E-state index contributed by atoms with van der Waals surface area (Å²) in [5.41, 5.74) is 2.97. The molecule has 4 aromatic rings. The van der Waals surface area contributed by atoms with Crippen molar-refractivity contribution in [3.05, 3.63) is 107 Å². The third-order valence-electron chi connectivity index (χ3n) is 4.50. The zero-order valence-electron chi connectivity index (χ0n) is 15.7. The van der Waals surface area contributed by atoms with E-state index in [2.05, 4.69) is 15.5 Å². The number of nitrogens with zero attached hydrogens (tertiary/aromatic N) is 2. The minimum Gasteiger partial charge on any atom is -0.418 e. The highest BCUT2D eigenvalue weighted by Crippen LogP contribution is 2.25. The lowest BCUT2D eigenvalue weighted by Crippen LogP contribution is -2.29. The molecule has 0 radical (unpaired) electrons. The SMILES string of the molecule is Cc1ccc(C(=O)N[C@H](c2ccc(F)cc2)c2nnc(-c3ccccc3)o2)cc1. The van der Waals surface area contributed by atoms with Crippen LogP contribution in [0.15, 0.2) is 83.3 Å². The number of amides is 1. The Hall–Kier alpha value is -3.80. The van der Waals surface area contributed by atoms with Crippen LogP contribution in [0, 0.1) is 12.7 Å². The lowest BCUT2D eigenvalue weighted by Gasteiger charge is -2.16. The van der Waals surface area contributed by atoms with Gasteiger partial charge in [0.15, 0.2) is 0 Å². The minimum absolute atomic E-state index is 0.218. The number of halogens is 1. The monoisotopic (exact) mass is 387 g/mol. The predicted octanol–water partition coefficient (Wildman–Crippen LogP) is 4.70. The van der Waals surface area contributed by atoms with Crippen LogP contribution in [0.2, 0.25) is 0 Å². The van der Waals surface area contributed by atoms with Crippen LogP contribution < -0.4 is 5.32 Å². The molecular weight excluding hydrogens is 369 g/mol. The molecule has 0 bridgehead atoms. The van der Waals surface area contributed by atoms with Gasteiger partial charge in [0, 0.05) is 11.1 Å². The number of hydrogen-bond acceptors (Lipinski definition) is 4. The fourth-order valence-corrected chi connectivity index (χ4v) is 2.91. The lowest BCUT2D eigenvalue weighted by molar-refractivity contribution is 0.0938. The summed E-state index contributed by atoms with van der Waals surface area (Å²) < 4.78 is 19.2. The summed E-state index contributed by atoms with van der Waals surface area (Å²) in [5, 5.41) is 11.1. The Labute approximate surface area is 167 Å². The van der Waals surface area contributed by atoms with Crippen LogP contribution in [-0.2, 0) is 0 Å². The first-order valence-corrected chi connectivity index (χ1v) is 9.12. The molecule has 5 nitrogen and oxygen atoms in total. The summed E-state index contributed by atoms with van der Waals surface area (Å²) in [6.07, 6.45) is 0. The zero-order chi connectivity index (χ0) is 20.2. The Kier molecular flexibility index (Phi) is 5.16. The molecule has 3 aromatic carbocycles. The fourth-order valence-electron chi connectivity index (χ4n) is 2.91. The molecule has 0 saturated carbocycles. The van der Waals surface area contributed by atoms with Crippen molar-refractivity contribution in [2.45, 2.75) is 13.0 Å².